The smallest absolute Gasteiger partial charge is 0.227 e. The Labute approximate surface area is 234 Å². The number of aromatic nitrogens is 4. The first-order valence-corrected chi connectivity index (χ1v) is 13.7. The van der Waals surface area contributed by atoms with E-state index in [0.29, 0.717) is 5.89 Å². The summed E-state index contributed by atoms with van der Waals surface area (Å²) >= 11 is 0. The summed E-state index contributed by atoms with van der Waals surface area (Å²) in [6.45, 7) is 0. The van der Waals surface area contributed by atoms with Crippen molar-refractivity contribution in [2.75, 3.05) is 0 Å². The van der Waals surface area contributed by atoms with E-state index in [9.17, 15) is 0 Å². The molecule has 0 unspecified atom stereocenters. The van der Waals surface area contributed by atoms with Crippen LogP contribution in [0.4, 0.5) is 0 Å². The maximum absolute atomic E-state index is 6.15. The molecule has 41 heavy (non-hydrogen) atoms. The highest BCUT2D eigenvalue weighted by atomic mass is 16.3. The molecule has 5 aromatic carbocycles. The predicted molar refractivity (Wildman–Crippen MR) is 166 cm³/mol. The van der Waals surface area contributed by atoms with Crippen LogP contribution in [0.2, 0.25) is 0 Å². The first-order valence-electron chi connectivity index (χ1n) is 13.7. The Hall–Kier alpha value is -5.68. The zero-order valence-corrected chi connectivity index (χ0v) is 21.9. The minimum Gasteiger partial charge on any atom is -0.436 e. The molecule has 0 aliphatic carbocycles. The molecule has 0 amide bonds. The summed E-state index contributed by atoms with van der Waals surface area (Å²) in [5.41, 5.74) is 8.18. The molecule has 5 nitrogen and oxygen atoms in total. The topological polar surface area (TPSA) is 48.8 Å². The van der Waals surface area contributed by atoms with Crippen LogP contribution in [0.3, 0.4) is 0 Å². The van der Waals surface area contributed by atoms with E-state index in [1.165, 1.54) is 21.5 Å². The third-order valence-electron chi connectivity index (χ3n) is 8.01. The molecule has 192 valence electrons. The van der Waals surface area contributed by atoms with Gasteiger partial charge in [-0.1, -0.05) is 66.7 Å². The van der Waals surface area contributed by atoms with E-state index in [1.807, 2.05) is 42.6 Å². The maximum atomic E-state index is 6.15. The number of oxazole rings is 1. The standard InChI is InChI=1S/C36H22N4O/c1-4-12-30-25(9-1)27-18-16-23(36-38-29-11-3-6-14-34(29)41-36)21-32(27)39(30)24-17-19-28-26-10-2-5-13-31(26)40(33(28)22-24)35-15-7-8-20-37-35/h1-22H. The molecule has 9 rings (SSSR count). The van der Waals surface area contributed by atoms with Crippen LogP contribution in [0.25, 0.3) is 77.7 Å². The Balaban J connectivity index is 1.34. The molecule has 0 fully saturated rings. The van der Waals surface area contributed by atoms with Crippen LogP contribution in [0.5, 0.6) is 0 Å². The summed E-state index contributed by atoms with van der Waals surface area (Å²) in [6, 6.07) is 44.3. The fourth-order valence-electron chi connectivity index (χ4n) is 6.21. The molecule has 0 spiro atoms. The zero-order valence-electron chi connectivity index (χ0n) is 21.9. The Morgan fingerprint density at radius 2 is 1.17 bits per heavy atom. The molecular weight excluding hydrogens is 504 g/mol. The van der Waals surface area contributed by atoms with Crippen molar-refractivity contribution in [3.8, 4) is 23.0 Å². The van der Waals surface area contributed by atoms with Crippen LogP contribution in [0.15, 0.2) is 138 Å². The van der Waals surface area contributed by atoms with Crippen LogP contribution >= 0.6 is 0 Å². The number of hydrogen-bond donors (Lipinski definition) is 0. The molecule has 5 heteroatoms. The monoisotopic (exact) mass is 526 g/mol. The lowest BCUT2D eigenvalue weighted by molar-refractivity contribution is 0.620. The molecule has 0 atom stereocenters. The number of nitrogens with zero attached hydrogens (tertiary/aromatic N) is 4. The minimum atomic E-state index is 0.621. The highest BCUT2D eigenvalue weighted by Gasteiger charge is 2.18. The summed E-state index contributed by atoms with van der Waals surface area (Å²) in [7, 11) is 0. The average molecular weight is 527 g/mol. The number of para-hydroxylation sites is 4. The lowest BCUT2D eigenvalue weighted by Crippen LogP contribution is -1.98. The van der Waals surface area contributed by atoms with Crippen LogP contribution in [0.1, 0.15) is 0 Å². The highest BCUT2D eigenvalue weighted by molar-refractivity contribution is 6.12. The second-order valence-corrected chi connectivity index (χ2v) is 10.3. The van der Waals surface area contributed by atoms with Crippen LogP contribution in [-0.2, 0) is 0 Å². The molecule has 4 heterocycles. The summed E-state index contributed by atoms with van der Waals surface area (Å²) in [5.74, 6) is 1.52. The third-order valence-corrected chi connectivity index (χ3v) is 8.01. The first kappa shape index (κ1) is 22.2. The molecular formula is C36H22N4O. The summed E-state index contributed by atoms with van der Waals surface area (Å²) < 4.78 is 10.7. The fraction of sp³-hybridized carbons (Fsp3) is 0. The summed E-state index contributed by atoms with van der Waals surface area (Å²) in [6.07, 6.45) is 1.85. The predicted octanol–water partition coefficient (Wildman–Crippen LogP) is 9.08. The van der Waals surface area contributed by atoms with Gasteiger partial charge >= 0.3 is 0 Å². The van der Waals surface area contributed by atoms with Crippen molar-refractivity contribution in [2.45, 2.75) is 0 Å². The van der Waals surface area contributed by atoms with Crippen molar-refractivity contribution in [2.24, 2.45) is 0 Å². The van der Waals surface area contributed by atoms with Gasteiger partial charge in [-0.3, -0.25) is 4.57 Å². The molecule has 4 aromatic heterocycles. The minimum absolute atomic E-state index is 0.621. The van der Waals surface area contributed by atoms with Gasteiger partial charge in [0.05, 0.1) is 22.1 Å². The van der Waals surface area contributed by atoms with Crippen molar-refractivity contribution < 1.29 is 4.42 Å². The second kappa shape index (κ2) is 8.41. The maximum Gasteiger partial charge on any atom is 0.227 e. The number of hydrogen-bond acceptors (Lipinski definition) is 3. The van der Waals surface area contributed by atoms with Gasteiger partial charge < -0.3 is 8.98 Å². The Kier molecular flexibility index (Phi) is 4.55. The van der Waals surface area contributed by atoms with Gasteiger partial charge in [0.2, 0.25) is 5.89 Å². The second-order valence-electron chi connectivity index (χ2n) is 10.3. The SMILES string of the molecule is c1ccc(-n2c3ccccc3c3ccc(-n4c5ccccc5c5ccc(-c6nc7ccccc7o6)cc54)cc32)nc1. The van der Waals surface area contributed by atoms with Crippen molar-refractivity contribution >= 4 is 54.7 Å². The quantitative estimate of drug-likeness (QED) is 0.231. The molecule has 0 saturated carbocycles. The van der Waals surface area contributed by atoms with Crippen molar-refractivity contribution in [1.82, 2.24) is 19.1 Å². The Morgan fingerprint density at radius 3 is 1.95 bits per heavy atom. The third kappa shape index (κ3) is 3.23. The van der Waals surface area contributed by atoms with E-state index in [2.05, 4.69) is 100 Å². The van der Waals surface area contributed by atoms with Crippen molar-refractivity contribution in [3.05, 3.63) is 134 Å². The lowest BCUT2D eigenvalue weighted by atomic mass is 10.1. The van der Waals surface area contributed by atoms with Gasteiger partial charge in [0, 0.05) is 39.0 Å². The number of fused-ring (bicyclic) bond motifs is 7. The molecule has 0 N–H and O–H groups in total. The zero-order chi connectivity index (χ0) is 26.9. The first-order chi connectivity index (χ1) is 20.3. The molecule has 0 radical (unpaired) electrons. The Morgan fingerprint density at radius 1 is 0.512 bits per heavy atom. The van der Waals surface area contributed by atoms with Gasteiger partial charge in [0.1, 0.15) is 11.3 Å². The van der Waals surface area contributed by atoms with E-state index in [4.69, 9.17) is 14.4 Å². The van der Waals surface area contributed by atoms with Gasteiger partial charge in [-0.2, -0.15) is 0 Å². The molecule has 0 aliphatic heterocycles. The average Bonchev–Trinajstić information content (AvgIpc) is 3.71. The Bertz CT molecular complexity index is 2400. The van der Waals surface area contributed by atoms with Gasteiger partial charge in [-0.25, -0.2) is 9.97 Å². The number of benzene rings is 5. The molecule has 0 aliphatic rings. The van der Waals surface area contributed by atoms with Gasteiger partial charge in [-0.15, -0.1) is 0 Å². The molecule has 9 aromatic rings. The largest absolute Gasteiger partial charge is 0.436 e. The van der Waals surface area contributed by atoms with E-state index >= 15 is 0 Å². The number of pyridine rings is 1. The van der Waals surface area contributed by atoms with E-state index in [-0.39, 0.29) is 0 Å². The molecule has 0 saturated heterocycles. The van der Waals surface area contributed by atoms with E-state index in [0.717, 1.165) is 50.2 Å². The lowest BCUT2D eigenvalue weighted by Gasteiger charge is -2.11. The van der Waals surface area contributed by atoms with Crippen LogP contribution in [0, 0.1) is 0 Å². The van der Waals surface area contributed by atoms with E-state index in [1.54, 1.807) is 0 Å². The fourth-order valence-corrected chi connectivity index (χ4v) is 6.21. The van der Waals surface area contributed by atoms with Crippen LogP contribution in [-0.4, -0.2) is 19.1 Å². The summed E-state index contributed by atoms with van der Waals surface area (Å²) in [5, 5.41) is 4.80. The van der Waals surface area contributed by atoms with E-state index < -0.39 is 0 Å². The molecule has 0 bridgehead atoms. The highest BCUT2D eigenvalue weighted by Crippen LogP contribution is 2.38. The van der Waals surface area contributed by atoms with Gasteiger partial charge in [-0.05, 0) is 60.7 Å². The van der Waals surface area contributed by atoms with Crippen molar-refractivity contribution in [1.29, 1.82) is 0 Å². The number of rotatable bonds is 3. The summed E-state index contributed by atoms with van der Waals surface area (Å²) in [4.78, 5) is 9.49. The van der Waals surface area contributed by atoms with Gasteiger partial charge in [0.15, 0.2) is 5.58 Å². The van der Waals surface area contributed by atoms with Crippen LogP contribution < -0.4 is 0 Å². The van der Waals surface area contributed by atoms with Crippen molar-refractivity contribution in [3.63, 3.8) is 0 Å². The van der Waals surface area contributed by atoms with Gasteiger partial charge in [0.25, 0.3) is 0 Å². The normalized spacial score (nSPS) is 11.9.